The van der Waals surface area contributed by atoms with Gasteiger partial charge in [-0.05, 0) is 48.5 Å². The molecule has 4 atom stereocenters. The maximum atomic E-state index is 3.81. The van der Waals surface area contributed by atoms with E-state index in [0.29, 0.717) is 0 Å². The fourth-order valence-electron chi connectivity index (χ4n) is 7.84. The van der Waals surface area contributed by atoms with E-state index in [2.05, 4.69) is 176 Å². The van der Waals surface area contributed by atoms with Crippen molar-refractivity contribution in [3.8, 4) is 0 Å². The van der Waals surface area contributed by atoms with Gasteiger partial charge >= 0.3 is 0 Å². The van der Waals surface area contributed by atoms with Crippen molar-refractivity contribution in [2.45, 2.75) is 24.7 Å². The molecule has 10 nitrogen and oxygen atoms in total. The van der Waals surface area contributed by atoms with Crippen molar-refractivity contribution in [2.75, 3.05) is 108 Å². The Morgan fingerprint density at radius 3 is 0.854 bits per heavy atom. The van der Waals surface area contributed by atoms with Crippen LogP contribution in [0.25, 0.3) is 0 Å². The Morgan fingerprint density at radius 1 is 0.396 bits per heavy atom. The summed E-state index contributed by atoms with van der Waals surface area (Å²) in [5.74, 6) is 0. The maximum absolute atomic E-state index is 3.81. The molecule has 10 heteroatoms. The molecule has 4 heterocycles. The fourth-order valence-corrected chi connectivity index (χ4v) is 7.84. The molecule has 0 saturated heterocycles. The second kappa shape index (κ2) is 12.7. The molecule has 4 aromatic rings. The van der Waals surface area contributed by atoms with Crippen LogP contribution in [-0.4, -0.2) is 102 Å². The highest BCUT2D eigenvalue weighted by Gasteiger charge is 2.34. The molecule has 0 fully saturated rings. The molecule has 250 valence electrons. The number of benzene rings is 4. The van der Waals surface area contributed by atoms with Gasteiger partial charge in [-0.15, -0.1) is 0 Å². The lowest BCUT2D eigenvalue weighted by Gasteiger charge is -2.37. The highest BCUT2D eigenvalue weighted by molar-refractivity contribution is 5.78. The average molecular weight is 645 g/mol. The van der Waals surface area contributed by atoms with E-state index in [9.17, 15) is 0 Å². The zero-order chi connectivity index (χ0) is 32.8. The van der Waals surface area contributed by atoms with Crippen molar-refractivity contribution in [3.63, 3.8) is 0 Å². The summed E-state index contributed by atoms with van der Waals surface area (Å²) in [6, 6.07) is 34.6. The number of nitrogens with zero attached hydrogens (tertiary/aromatic N) is 6. The van der Waals surface area contributed by atoms with Crippen molar-refractivity contribution in [2.24, 2.45) is 0 Å². The van der Waals surface area contributed by atoms with Crippen LogP contribution in [0.2, 0.25) is 0 Å². The van der Waals surface area contributed by atoms with Crippen LogP contribution in [-0.2, 0) is 0 Å². The summed E-state index contributed by atoms with van der Waals surface area (Å²) >= 11 is 0. The Hall–Kier alpha value is -4.80. The molecular weight excluding hydrogens is 596 g/mol. The van der Waals surface area contributed by atoms with E-state index in [-0.39, 0.29) is 24.7 Å². The number of hydrogen-bond donors (Lipinski definition) is 4. The van der Waals surface area contributed by atoms with Crippen molar-refractivity contribution in [1.29, 1.82) is 0 Å². The Morgan fingerprint density at radius 2 is 0.625 bits per heavy atom. The molecule has 0 aliphatic carbocycles. The average Bonchev–Trinajstić information content (AvgIpc) is 3.81. The monoisotopic (exact) mass is 644 g/mol. The number of para-hydroxylation sites is 8. The topological polar surface area (TPSA) is 67.6 Å². The van der Waals surface area contributed by atoms with Crippen molar-refractivity contribution >= 4 is 45.5 Å². The molecule has 0 radical (unpaired) electrons. The third-order valence-corrected chi connectivity index (χ3v) is 10.8. The van der Waals surface area contributed by atoms with Gasteiger partial charge in [-0.25, -0.2) is 0 Å². The molecule has 4 unspecified atom stereocenters. The third-order valence-electron chi connectivity index (χ3n) is 10.8. The quantitative estimate of drug-likeness (QED) is 0.177. The lowest BCUT2D eigenvalue weighted by atomic mass is 10.2. The van der Waals surface area contributed by atoms with Crippen molar-refractivity contribution in [1.82, 2.24) is 9.80 Å². The molecule has 8 rings (SSSR count). The van der Waals surface area contributed by atoms with Crippen molar-refractivity contribution in [3.05, 3.63) is 97.1 Å². The van der Waals surface area contributed by atoms with Crippen LogP contribution in [0.3, 0.4) is 0 Å². The van der Waals surface area contributed by atoms with Gasteiger partial charge in [0.1, 0.15) is 24.7 Å². The zero-order valence-electron chi connectivity index (χ0n) is 28.5. The predicted octanol–water partition coefficient (Wildman–Crippen LogP) is 5.14. The molecule has 4 aromatic carbocycles. The number of fused-ring (bicyclic) bond motifs is 4. The number of anilines is 8. The van der Waals surface area contributed by atoms with Crippen molar-refractivity contribution < 1.29 is 0 Å². The van der Waals surface area contributed by atoms with Gasteiger partial charge in [0, 0.05) is 67.5 Å². The highest BCUT2D eigenvalue weighted by Crippen LogP contribution is 2.37. The maximum Gasteiger partial charge on any atom is 0.112 e. The lowest BCUT2D eigenvalue weighted by Crippen LogP contribution is -2.54. The number of hydrogen-bond acceptors (Lipinski definition) is 10. The van der Waals surface area contributed by atoms with Gasteiger partial charge in [0.25, 0.3) is 0 Å². The molecule has 4 N–H and O–H groups in total. The molecule has 0 spiro atoms. The second-order valence-electron chi connectivity index (χ2n) is 13.7. The minimum absolute atomic E-state index is 0.194. The zero-order valence-corrected chi connectivity index (χ0v) is 28.5. The first-order chi connectivity index (χ1) is 23.4. The van der Waals surface area contributed by atoms with Gasteiger partial charge in [0.15, 0.2) is 0 Å². The molecule has 0 aromatic heterocycles. The molecule has 0 amide bonds. The first-order valence-electron chi connectivity index (χ1n) is 17.2. The Balaban J connectivity index is 1.02. The summed E-state index contributed by atoms with van der Waals surface area (Å²) in [6.45, 7) is 5.50. The van der Waals surface area contributed by atoms with Crippen LogP contribution in [0.5, 0.6) is 0 Å². The lowest BCUT2D eigenvalue weighted by molar-refractivity contribution is 0.186. The summed E-state index contributed by atoms with van der Waals surface area (Å²) in [6.07, 6.45) is 0.775. The van der Waals surface area contributed by atoms with E-state index in [1.165, 1.54) is 45.5 Å². The Kier molecular flexibility index (Phi) is 8.06. The Bertz CT molecular complexity index is 1500. The van der Waals surface area contributed by atoms with E-state index >= 15 is 0 Å². The molecule has 4 aliphatic rings. The molecule has 4 aliphatic heterocycles. The first-order valence-corrected chi connectivity index (χ1v) is 17.2. The number of likely N-dealkylation sites (N-methyl/N-ethyl adjacent to an activating group) is 4. The third kappa shape index (κ3) is 5.69. The summed E-state index contributed by atoms with van der Waals surface area (Å²) in [7, 11) is 8.84. The minimum atomic E-state index is 0.194. The van der Waals surface area contributed by atoms with E-state index in [1.807, 2.05) is 0 Å². The molecular formula is C38H48N10. The summed E-state index contributed by atoms with van der Waals surface area (Å²) in [4.78, 5) is 14.9. The van der Waals surface area contributed by atoms with Crippen LogP contribution in [0.1, 0.15) is 0 Å². The fraction of sp³-hybridized carbons (Fsp3) is 0.368. The van der Waals surface area contributed by atoms with E-state index < -0.39 is 0 Å². The van der Waals surface area contributed by atoms with E-state index in [1.54, 1.807) is 0 Å². The van der Waals surface area contributed by atoms with Crippen LogP contribution >= 0.6 is 0 Å². The normalized spacial score (nSPS) is 21.9. The summed E-state index contributed by atoms with van der Waals surface area (Å²) in [5.41, 5.74) is 9.88. The highest BCUT2D eigenvalue weighted by atomic mass is 15.4. The second-order valence-corrected chi connectivity index (χ2v) is 13.7. The van der Waals surface area contributed by atoms with Crippen LogP contribution in [0, 0.1) is 0 Å². The van der Waals surface area contributed by atoms with Gasteiger partial charge < -0.3 is 40.9 Å². The molecule has 0 saturated carbocycles. The SMILES string of the molecule is CN1c2ccccc2NC1CN(CCN(CC1Nc2ccccc2N1C)CC1Nc2ccccc2N1C)CC1Nc2ccccc2N1C. The predicted molar refractivity (Wildman–Crippen MR) is 202 cm³/mol. The van der Waals surface area contributed by atoms with Gasteiger partial charge in [-0.3, -0.25) is 9.80 Å². The smallest absolute Gasteiger partial charge is 0.112 e. The Labute approximate surface area is 284 Å². The van der Waals surface area contributed by atoms with Gasteiger partial charge in [0.2, 0.25) is 0 Å². The van der Waals surface area contributed by atoms with Crippen LogP contribution in [0.4, 0.5) is 45.5 Å². The number of rotatable bonds is 11. The largest absolute Gasteiger partial charge is 0.362 e. The summed E-state index contributed by atoms with van der Waals surface area (Å²) < 4.78 is 0. The number of nitrogens with one attached hydrogen (secondary N) is 4. The minimum Gasteiger partial charge on any atom is -0.362 e. The van der Waals surface area contributed by atoms with E-state index in [4.69, 9.17) is 0 Å². The first kappa shape index (κ1) is 30.5. The van der Waals surface area contributed by atoms with Crippen LogP contribution in [0.15, 0.2) is 97.1 Å². The van der Waals surface area contributed by atoms with Gasteiger partial charge in [-0.1, -0.05) is 48.5 Å². The van der Waals surface area contributed by atoms with Gasteiger partial charge in [-0.2, -0.15) is 0 Å². The summed E-state index contributed by atoms with van der Waals surface area (Å²) in [5, 5.41) is 15.2. The van der Waals surface area contributed by atoms with Gasteiger partial charge in [0.05, 0.1) is 45.5 Å². The van der Waals surface area contributed by atoms with E-state index in [0.717, 1.165) is 39.3 Å². The molecule has 48 heavy (non-hydrogen) atoms. The molecule has 0 bridgehead atoms. The standard InChI is InChI=1S/C38H48N10/c1-43-31-17-9-5-13-27(31)39-35(43)23-47(24-36-40-28-14-6-10-18-32(28)44(36)2)21-22-48(25-37-41-29-15-7-11-19-33(29)45(37)3)26-38-42-30-16-8-12-20-34(30)46(38)4/h5-20,35-42H,21-26H2,1-4H3. The van der Waals surface area contributed by atoms with Crippen LogP contribution < -0.4 is 40.9 Å².